The highest BCUT2D eigenvalue weighted by Crippen LogP contribution is 2.24. The molecule has 0 saturated carbocycles. The van der Waals surface area contributed by atoms with Crippen molar-refractivity contribution >= 4 is 21.5 Å². The summed E-state index contributed by atoms with van der Waals surface area (Å²) >= 11 is 0. The molecule has 10 heteroatoms. The Labute approximate surface area is 116 Å². The van der Waals surface area contributed by atoms with Gasteiger partial charge in [-0.2, -0.15) is 4.98 Å². The number of aromatic nitrogens is 1. The van der Waals surface area contributed by atoms with Gasteiger partial charge >= 0.3 is 5.69 Å². The van der Waals surface area contributed by atoms with Crippen LogP contribution in [0.5, 0.6) is 5.88 Å². The van der Waals surface area contributed by atoms with Crippen molar-refractivity contribution in [1.82, 2.24) is 9.71 Å². The molecule has 1 aromatic rings. The Hall–Kier alpha value is -1.94. The number of methoxy groups -OCH3 is 1. The lowest BCUT2D eigenvalue weighted by Gasteiger charge is -2.08. The maximum Gasteiger partial charge on any atom is 0.311 e. The highest BCUT2D eigenvalue weighted by Gasteiger charge is 2.17. The minimum atomic E-state index is -3.39. The third kappa shape index (κ3) is 4.63. The summed E-state index contributed by atoms with van der Waals surface area (Å²) in [4.78, 5) is 14.1. The number of pyridine rings is 1. The molecule has 0 aliphatic rings. The van der Waals surface area contributed by atoms with Crippen molar-refractivity contribution < 1.29 is 18.1 Å². The molecule has 0 bridgehead atoms. The molecule has 1 aromatic heterocycles. The molecular weight excluding hydrogens is 288 g/mol. The van der Waals surface area contributed by atoms with Gasteiger partial charge in [-0.05, 0) is 0 Å². The molecule has 20 heavy (non-hydrogen) atoms. The van der Waals surface area contributed by atoms with Crippen molar-refractivity contribution in [3.8, 4) is 5.88 Å². The average molecular weight is 304 g/mol. The Morgan fingerprint density at radius 3 is 2.70 bits per heavy atom. The van der Waals surface area contributed by atoms with E-state index in [2.05, 4.69) is 15.0 Å². The Kier molecular flexibility index (Phi) is 5.65. The predicted molar refractivity (Wildman–Crippen MR) is 73.4 cm³/mol. The number of nitro groups is 1. The number of anilines is 1. The number of sulfonamides is 1. The van der Waals surface area contributed by atoms with Crippen LogP contribution in [-0.4, -0.2) is 44.3 Å². The van der Waals surface area contributed by atoms with Crippen molar-refractivity contribution in [3.63, 3.8) is 0 Å². The molecule has 9 nitrogen and oxygen atoms in total. The predicted octanol–water partition coefficient (Wildman–Crippen LogP) is 0.350. The molecule has 1 rings (SSSR count). The third-order valence-corrected chi connectivity index (χ3v) is 3.75. The van der Waals surface area contributed by atoms with Gasteiger partial charge in [0, 0.05) is 25.2 Å². The molecule has 0 amide bonds. The average Bonchev–Trinajstić information content (AvgIpc) is 2.37. The highest BCUT2D eigenvalue weighted by molar-refractivity contribution is 7.89. The van der Waals surface area contributed by atoms with Crippen LogP contribution in [0.25, 0.3) is 0 Å². The van der Waals surface area contributed by atoms with Crippen LogP contribution in [0.15, 0.2) is 12.1 Å². The van der Waals surface area contributed by atoms with Gasteiger partial charge < -0.3 is 10.1 Å². The summed E-state index contributed by atoms with van der Waals surface area (Å²) in [5.41, 5.74) is -0.244. The summed E-state index contributed by atoms with van der Waals surface area (Å²) in [7, 11) is -2.01. The first-order valence-electron chi connectivity index (χ1n) is 5.80. The summed E-state index contributed by atoms with van der Waals surface area (Å²) in [6, 6.07) is 2.60. The van der Waals surface area contributed by atoms with E-state index < -0.39 is 14.9 Å². The van der Waals surface area contributed by atoms with E-state index in [0.29, 0.717) is 6.54 Å². The van der Waals surface area contributed by atoms with E-state index in [1.807, 2.05) is 0 Å². The summed E-state index contributed by atoms with van der Waals surface area (Å²) in [6.07, 6.45) is 0. The lowest BCUT2D eigenvalue weighted by atomic mass is 10.4. The standard InChI is InChI=1S/C10H16N4O5S/c1-3-12-20(17,18)7-6-11-10-8(14(15)16)4-5-9(13-10)19-2/h4-5,12H,3,6-7H2,1-2H3,(H,11,13). The minimum Gasteiger partial charge on any atom is -0.481 e. The second kappa shape index (κ2) is 7.01. The fraction of sp³-hybridized carbons (Fsp3) is 0.500. The maximum atomic E-state index is 11.4. The summed E-state index contributed by atoms with van der Waals surface area (Å²) < 4.78 is 30.1. The highest BCUT2D eigenvalue weighted by atomic mass is 32.2. The van der Waals surface area contributed by atoms with Crippen LogP contribution < -0.4 is 14.8 Å². The van der Waals surface area contributed by atoms with Gasteiger partial charge in [0.15, 0.2) is 0 Å². The van der Waals surface area contributed by atoms with E-state index >= 15 is 0 Å². The van der Waals surface area contributed by atoms with Gasteiger partial charge in [0.2, 0.25) is 21.7 Å². The van der Waals surface area contributed by atoms with Crippen molar-refractivity contribution in [2.75, 3.05) is 31.3 Å². The monoisotopic (exact) mass is 304 g/mol. The van der Waals surface area contributed by atoms with E-state index in [1.165, 1.54) is 19.2 Å². The van der Waals surface area contributed by atoms with Crippen molar-refractivity contribution in [2.45, 2.75) is 6.92 Å². The van der Waals surface area contributed by atoms with Crippen LogP contribution in [0.4, 0.5) is 11.5 Å². The summed E-state index contributed by atoms with van der Waals surface area (Å²) in [5, 5.41) is 13.5. The van der Waals surface area contributed by atoms with Crippen LogP contribution in [0, 0.1) is 10.1 Å². The summed E-state index contributed by atoms with van der Waals surface area (Å²) in [5.74, 6) is -0.0367. The molecule has 0 fully saturated rings. The lowest BCUT2D eigenvalue weighted by molar-refractivity contribution is -0.384. The van der Waals surface area contributed by atoms with Gasteiger partial charge in [0.25, 0.3) is 0 Å². The molecule has 0 radical (unpaired) electrons. The topological polar surface area (TPSA) is 123 Å². The van der Waals surface area contributed by atoms with E-state index in [9.17, 15) is 18.5 Å². The molecular formula is C10H16N4O5S. The van der Waals surface area contributed by atoms with Gasteiger partial charge in [0.05, 0.1) is 17.8 Å². The third-order valence-electron chi connectivity index (χ3n) is 2.28. The minimum absolute atomic E-state index is 0.00363. The normalized spacial score (nSPS) is 11.1. The molecule has 0 saturated heterocycles. The van der Waals surface area contributed by atoms with E-state index in [1.54, 1.807) is 6.92 Å². The van der Waals surface area contributed by atoms with Crippen molar-refractivity contribution in [3.05, 3.63) is 22.2 Å². The Morgan fingerprint density at radius 1 is 1.45 bits per heavy atom. The number of hydrogen-bond acceptors (Lipinski definition) is 7. The number of nitrogens with zero attached hydrogens (tertiary/aromatic N) is 2. The smallest absolute Gasteiger partial charge is 0.311 e. The summed E-state index contributed by atoms with van der Waals surface area (Å²) in [6.45, 7) is 1.95. The van der Waals surface area contributed by atoms with Gasteiger partial charge in [-0.1, -0.05) is 6.92 Å². The molecule has 0 aromatic carbocycles. The van der Waals surface area contributed by atoms with Crippen LogP contribution in [0.1, 0.15) is 6.92 Å². The zero-order valence-electron chi connectivity index (χ0n) is 11.1. The van der Waals surface area contributed by atoms with Crippen LogP contribution in [0.3, 0.4) is 0 Å². The van der Waals surface area contributed by atoms with Crippen molar-refractivity contribution in [1.29, 1.82) is 0 Å². The number of nitrogens with one attached hydrogen (secondary N) is 2. The van der Waals surface area contributed by atoms with E-state index in [-0.39, 0.29) is 29.7 Å². The molecule has 0 spiro atoms. The largest absolute Gasteiger partial charge is 0.481 e. The first-order chi connectivity index (χ1) is 9.39. The second-order valence-electron chi connectivity index (χ2n) is 3.72. The van der Waals surface area contributed by atoms with Crippen molar-refractivity contribution in [2.24, 2.45) is 0 Å². The Morgan fingerprint density at radius 2 is 2.15 bits per heavy atom. The lowest BCUT2D eigenvalue weighted by Crippen LogP contribution is -2.29. The first-order valence-corrected chi connectivity index (χ1v) is 7.45. The van der Waals surface area contributed by atoms with Gasteiger partial charge in [-0.15, -0.1) is 0 Å². The fourth-order valence-electron chi connectivity index (χ4n) is 1.42. The zero-order chi connectivity index (χ0) is 15.2. The van der Waals surface area contributed by atoms with E-state index in [4.69, 9.17) is 4.74 Å². The van der Waals surface area contributed by atoms with Gasteiger partial charge in [-0.3, -0.25) is 10.1 Å². The molecule has 0 aliphatic heterocycles. The fourth-order valence-corrected chi connectivity index (χ4v) is 2.38. The Balaban J connectivity index is 2.78. The SMILES string of the molecule is CCNS(=O)(=O)CCNc1nc(OC)ccc1[N+](=O)[O-]. The molecule has 1 heterocycles. The van der Waals surface area contributed by atoms with Crippen LogP contribution in [-0.2, 0) is 10.0 Å². The van der Waals surface area contributed by atoms with Crippen LogP contribution >= 0.6 is 0 Å². The molecule has 0 unspecified atom stereocenters. The van der Waals surface area contributed by atoms with E-state index in [0.717, 1.165) is 0 Å². The first kappa shape index (κ1) is 16.1. The zero-order valence-corrected chi connectivity index (χ0v) is 11.9. The number of rotatable bonds is 8. The maximum absolute atomic E-state index is 11.4. The Bertz CT molecular complexity index is 575. The van der Waals surface area contributed by atoms with Gasteiger partial charge in [-0.25, -0.2) is 13.1 Å². The molecule has 112 valence electrons. The molecule has 2 N–H and O–H groups in total. The number of ether oxygens (including phenoxy) is 1. The quantitative estimate of drug-likeness (QED) is 0.524. The molecule has 0 aliphatic carbocycles. The second-order valence-corrected chi connectivity index (χ2v) is 5.65. The number of hydrogen-bond donors (Lipinski definition) is 2. The van der Waals surface area contributed by atoms with Gasteiger partial charge in [0.1, 0.15) is 0 Å². The van der Waals surface area contributed by atoms with Crippen LogP contribution in [0.2, 0.25) is 0 Å². The molecule has 0 atom stereocenters.